The van der Waals surface area contributed by atoms with E-state index in [0.717, 1.165) is 16.9 Å². The maximum absolute atomic E-state index is 11.8. The molecule has 0 amide bonds. The monoisotopic (exact) mass is 327 g/mol. The van der Waals surface area contributed by atoms with Crippen LogP contribution in [0.2, 0.25) is 0 Å². The van der Waals surface area contributed by atoms with E-state index in [1.54, 1.807) is 0 Å². The van der Waals surface area contributed by atoms with Crippen molar-refractivity contribution in [2.75, 3.05) is 7.11 Å². The molecule has 0 aliphatic rings. The Labute approximate surface area is 143 Å². The first-order chi connectivity index (χ1) is 11.4. The van der Waals surface area contributed by atoms with Crippen LogP contribution in [0.15, 0.2) is 54.6 Å². The maximum Gasteiger partial charge on any atom is 0.325 e. The Balaban J connectivity index is 1.94. The number of nitrogens with one attached hydrogen (secondary N) is 1. The molecule has 0 heterocycles. The highest BCUT2D eigenvalue weighted by Crippen LogP contribution is 2.21. The molecule has 4 nitrogen and oxygen atoms in total. The Hall–Kier alpha value is -2.33. The molecule has 0 saturated heterocycles. The van der Waals surface area contributed by atoms with Crippen molar-refractivity contribution in [1.82, 2.24) is 5.32 Å². The first kappa shape index (κ1) is 18.0. The molecule has 0 saturated carbocycles. The van der Waals surface area contributed by atoms with Crippen molar-refractivity contribution in [1.29, 1.82) is 0 Å². The van der Waals surface area contributed by atoms with Crippen LogP contribution in [0.3, 0.4) is 0 Å². The van der Waals surface area contributed by atoms with Gasteiger partial charge in [-0.1, -0.05) is 42.5 Å². The summed E-state index contributed by atoms with van der Waals surface area (Å²) in [6.45, 7) is 6.19. The standard InChI is InChI=1S/C20H25NO3/c1-15(21-20(2,3)19(22)23-4)17-10-12-18(13-11-17)24-14-16-8-6-5-7-9-16/h5-13,15,21H,14H2,1-4H3. The van der Waals surface area contributed by atoms with Gasteiger partial charge in [-0.15, -0.1) is 0 Å². The van der Waals surface area contributed by atoms with Gasteiger partial charge in [0.25, 0.3) is 0 Å². The van der Waals surface area contributed by atoms with Crippen molar-refractivity contribution in [2.24, 2.45) is 0 Å². The number of ether oxygens (including phenoxy) is 2. The van der Waals surface area contributed by atoms with Crippen molar-refractivity contribution in [3.63, 3.8) is 0 Å². The lowest BCUT2D eigenvalue weighted by Crippen LogP contribution is -2.48. The number of hydrogen-bond acceptors (Lipinski definition) is 4. The molecule has 0 bridgehead atoms. The molecule has 2 rings (SSSR count). The summed E-state index contributed by atoms with van der Waals surface area (Å²) in [5, 5.41) is 3.29. The average Bonchev–Trinajstić information content (AvgIpc) is 2.60. The molecule has 2 aromatic carbocycles. The van der Waals surface area contributed by atoms with Gasteiger partial charge < -0.3 is 9.47 Å². The number of hydrogen-bond donors (Lipinski definition) is 1. The molecule has 1 atom stereocenters. The molecule has 0 fully saturated rings. The Kier molecular flexibility index (Phi) is 5.99. The molecule has 128 valence electrons. The average molecular weight is 327 g/mol. The minimum atomic E-state index is -0.739. The van der Waals surface area contributed by atoms with Crippen LogP contribution < -0.4 is 10.1 Å². The highest BCUT2D eigenvalue weighted by molar-refractivity contribution is 5.79. The molecular weight excluding hydrogens is 302 g/mol. The van der Waals surface area contributed by atoms with E-state index in [1.165, 1.54) is 7.11 Å². The summed E-state index contributed by atoms with van der Waals surface area (Å²) in [7, 11) is 1.40. The fourth-order valence-electron chi connectivity index (χ4n) is 2.53. The van der Waals surface area contributed by atoms with E-state index in [2.05, 4.69) is 5.32 Å². The van der Waals surface area contributed by atoms with Gasteiger partial charge in [-0.2, -0.15) is 0 Å². The van der Waals surface area contributed by atoms with E-state index in [9.17, 15) is 4.79 Å². The Morgan fingerprint density at radius 2 is 1.71 bits per heavy atom. The van der Waals surface area contributed by atoms with Gasteiger partial charge in [0.1, 0.15) is 17.9 Å². The summed E-state index contributed by atoms with van der Waals surface area (Å²) in [5.41, 5.74) is 1.48. The SMILES string of the molecule is COC(=O)C(C)(C)NC(C)c1ccc(OCc2ccccc2)cc1. The number of carbonyl (C=O) groups is 1. The predicted molar refractivity (Wildman–Crippen MR) is 94.9 cm³/mol. The summed E-state index contributed by atoms with van der Waals surface area (Å²) in [6.07, 6.45) is 0. The van der Waals surface area contributed by atoms with E-state index in [0.29, 0.717) is 6.61 Å². The van der Waals surface area contributed by atoms with Gasteiger partial charge in [-0.3, -0.25) is 10.1 Å². The third-order valence-electron chi connectivity index (χ3n) is 3.90. The lowest BCUT2D eigenvalue weighted by molar-refractivity contribution is -0.147. The molecule has 0 aliphatic carbocycles. The van der Waals surface area contributed by atoms with Gasteiger partial charge in [-0.25, -0.2) is 0 Å². The number of benzene rings is 2. The molecule has 0 spiro atoms. The zero-order valence-corrected chi connectivity index (χ0v) is 14.7. The smallest absolute Gasteiger partial charge is 0.325 e. The fraction of sp³-hybridized carbons (Fsp3) is 0.350. The molecular formula is C20H25NO3. The van der Waals surface area contributed by atoms with Crippen LogP contribution in [0.4, 0.5) is 0 Å². The van der Waals surface area contributed by atoms with Gasteiger partial charge in [0.15, 0.2) is 0 Å². The predicted octanol–water partition coefficient (Wildman–Crippen LogP) is 3.87. The Bertz CT molecular complexity index is 650. The number of methoxy groups -OCH3 is 1. The first-order valence-corrected chi connectivity index (χ1v) is 8.05. The highest BCUT2D eigenvalue weighted by atomic mass is 16.5. The van der Waals surface area contributed by atoms with Crippen LogP contribution >= 0.6 is 0 Å². The third kappa shape index (κ3) is 4.83. The quantitative estimate of drug-likeness (QED) is 0.784. The van der Waals surface area contributed by atoms with E-state index >= 15 is 0 Å². The van der Waals surface area contributed by atoms with E-state index in [4.69, 9.17) is 9.47 Å². The number of esters is 1. The molecule has 1 unspecified atom stereocenters. The third-order valence-corrected chi connectivity index (χ3v) is 3.90. The number of carbonyl (C=O) groups excluding carboxylic acids is 1. The zero-order chi connectivity index (χ0) is 17.6. The maximum atomic E-state index is 11.8. The summed E-state index contributed by atoms with van der Waals surface area (Å²) >= 11 is 0. The minimum Gasteiger partial charge on any atom is -0.489 e. The largest absolute Gasteiger partial charge is 0.489 e. The lowest BCUT2D eigenvalue weighted by atomic mass is 10.0. The molecule has 4 heteroatoms. The summed E-state index contributed by atoms with van der Waals surface area (Å²) in [6, 6.07) is 18.0. The van der Waals surface area contributed by atoms with Crippen LogP contribution in [0.25, 0.3) is 0 Å². The van der Waals surface area contributed by atoms with Crippen LogP contribution in [-0.4, -0.2) is 18.6 Å². The van der Waals surface area contributed by atoms with Crippen LogP contribution in [0, 0.1) is 0 Å². The first-order valence-electron chi connectivity index (χ1n) is 8.05. The molecule has 2 aromatic rings. The van der Waals surface area contributed by atoms with Gasteiger partial charge in [0.2, 0.25) is 0 Å². The summed E-state index contributed by atoms with van der Waals surface area (Å²) in [4.78, 5) is 11.8. The van der Waals surface area contributed by atoms with Crippen molar-refractivity contribution in [2.45, 2.75) is 39.0 Å². The van der Waals surface area contributed by atoms with Gasteiger partial charge in [0, 0.05) is 6.04 Å². The summed E-state index contributed by atoms with van der Waals surface area (Å²) in [5.74, 6) is 0.541. The second-order valence-corrected chi connectivity index (χ2v) is 6.33. The van der Waals surface area contributed by atoms with E-state index < -0.39 is 5.54 Å². The van der Waals surface area contributed by atoms with Crippen LogP contribution in [0.1, 0.15) is 37.9 Å². The number of rotatable bonds is 7. The fourth-order valence-corrected chi connectivity index (χ4v) is 2.53. The van der Waals surface area contributed by atoms with Crippen molar-refractivity contribution in [3.8, 4) is 5.75 Å². The minimum absolute atomic E-state index is 0.0160. The van der Waals surface area contributed by atoms with E-state index in [-0.39, 0.29) is 12.0 Å². The lowest BCUT2D eigenvalue weighted by Gasteiger charge is -2.27. The highest BCUT2D eigenvalue weighted by Gasteiger charge is 2.30. The molecule has 1 N–H and O–H groups in total. The van der Waals surface area contributed by atoms with Gasteiger partial charge >= 0.3 is 5.97 Å². The molecule has 0 radical (unpaired) electrons. The van der Waals surface area contributed by atoms with Gasteiger partial charge in [-0.05, 0) is 44.0 Å². The van der Waals surface area contributed by atoms with Crippen molar-refractivity contribution in [3.05, 3.63) is 65.7 Å². The van der Waals surface area contributed by atoms with Crippen molar-refractivity contribution < 1.29 is 14.3 Å². The molecule has 0 aromatic heterocycles. The zero-order valence-electron chi connectivity index (χ0n) is 14.7. The molecule has 0 aliphatic heterocycles. The van der Waals surface area contributed by atoms with Crippen LogP contribution in [-0.2, 0) is 16.1 Å². The molecule has 24 heavy (non-hydrogen) atoms. The van der Waals surface area contributed by atoms with Gasteiger partial charge in [0.05, 0.1) is 7.11 Å². The summed E-state index contributed by atoms with van der Waals surface area (Å²) < 4.78 is 10.6. The normalized spacial score (nSPS) is 12.5. The second-order valence-electron chi connectivity index (χ2n) is 6.33. The van der Waals surface area contributed by atoms with Crippen molar-refractivity contribution >= 4 is 5.97 Å². The van der Waals surface area contributed by atoms with Crippen LogP contribution in [0.5, 0.6) is 5.75 Å². The van der Waals surface area contributed by atoms with E-state index in [1.807, 2.05) is 75.4 Å². The Morgan fingerprint density at radius 1 is 1.08 bits per heavy atom. The Morgan fingerprint density at radius 3 is 2.29 bits per heavy atom. The second kappa shape index (κ2) is 7.97. The topological polar surface area (TPSA) is 47.6 Å².